The molecule has 0 aliphatic carbocycles. The minimum absolute atomic E-state index is 0.00149. The largest absolute Gasteiger partial charge is 0.451 e. The van der Waals surface area contributed by atoms with Crippen LogP contribution in [0.25, 0.3) is 0 Å². The lowest BCUT2D eigenvalue weighted by Crippen LogP contribution is -2.26. The van der Waals surface area contributed by atoms with Gasteiger partial charge < -0.3 is 19.4 Å². The van der Waals surface area contributed by atoms with Crippen LogP contribution < -0.4 is 5.32 Å². The third-order valence-electron chi connectivity index (χ3n) is 4.68. The van der Waals surface area contributed by atoms with Crippen molar-refractivity contribution in [3.8, 4) is 0 Å². The summed E-state index contributed by atoms with van der Waals surface area (Å²) < 4.78 is 13.3. The molecule has 0 saturated carbocycles. The summed E-state index contributed by atoms with van der Waals surface area (Å²) in [7, 11) is 1.94. The molecule has 2 atom stereocenters. The third-order valence-corrected chi connectivity index (χ3v) is 4.68. The molecule has 4 rings (SSSR count). The van der Waals surface area contributed by atoms with Gasteiger partial charge in [0.2, 0.25) is 0 Å². The summed E-state index contributed by atoms with van der Waals surface area (Å²) in [5.41, 5.74) is 0.752. The van der Waals surface area contributed by atoms with Crippen LogP contribution in [0.3, 0.4) is 0 Å². The van der Waals surface area contributed by atoms with Crippen LogP contribution in [0.2, 0.25) is 0 Å². The smallest absolute Gasteiger partial charge is 0.343 e. The fourth-order valence-corrected chi connectivity index (χ4v) is 3.44. The molecule has 4 heterocycles. The number of anilines is 1. The fourth-order valence-electron chi connectivity index (χ4n) is 3.44. The molecule has 7 nitrogen and oxygen atoms in total. The minimum Gasteiger partial charge on any atom is -0.451 e. The summed E-state index contributed by atoms with van der Waals surface area (Å²) >= 11 is 0. The molecule has 2 aliphatic heterocycles. The molecule has 0 aromatic carbocycles. The van der Waals surface area contributed by atoms with Gasteiger partial charge in [0, 0.05) is 37.8 Å². The molecule has 126 valence electrons. The van der Waals surface area contributed by atoms with Crippen molar-refractivity contribution in [2.24, 2.45) is 7.05 Å². The maximum Gasteiger partial charge on any atom is 0.343 e. The zero-order chi connectivity index (χ0) is 16.9. The number of nitrogens with one attached hydrogen (secondary N) is 1. The second kappa shape index (κ2) is 5.31. The first-order chi connectivity index (χ1) is 11.5. The molecule has 2 aromatic rings. The van der Waals surface area contributed by atoms with Gasteiger partial charge in [-0.05, 0) is 26.3 Å². The molecule has 0 unspecified atom stereocenters. The van der Waals surface area contributed by atoms with E-state index in [1.165, 1.54) is 0 Å². The Labute approximate surface area is 140 Å². The number of aryl methyl sites for hydroxylation is 1. The van der Waals surface area contributed by atoms with Crippen LogP contribution in [0.4, 0.5) is 5.82 Å². The number of aromatic nitrogens is 3. The van der Waals surface area contributed by atoms with E-state index >= 15 is 0 Å². The number of esters is 1. The second-order valence-electron chi connectivity index (χ2n) is 6.71. The lowest BCUT2D eigenvalue weighted by Gasteiger charge is -2.21. The van der Waals surface area contributed by atoms with Crippen molar-refractivity contribution in [2.45, 2.75) is 38.0 Å². The number of rotatable bonds is 3. The van der Waals surface area contributed by atoms with E-state index < -0.39 is 5.60 Å². The van der Waals surface area contributed by atoms with E-state index in [9.17, 15) is 4.79 Å². The van der Waals surface area contributed by atoms with Gasteiger partial charge in [-0.2, -0.15) is 0 Å². The van der Waals surface area contributed by atoms with Crippen molar-refractivity contribution >= 4 is 11.8 Å². The van der Waals surface area contributed by atoms with Crippen molar-refractivity contribution < 1.29 is 14.3 Å². The van der Waals surface area contributed by atoms with E-state index in [0.717, 1.165) is 17.8 Å². The van der Waals surface area contributed by atoms with E-state index in [2.05, 4.69) is 15.3 Å². The molecule has 0 radical (unpaired) electrons. The number of hydrogen-bond donors (Lipinski definition) is 1. The molecule has 0 spiro atoms. The predicted octanol–water partition coefficient (Wildman–Crippen LogP) is 2.16. The highest BCUT2D eigenvalue weighted by Gasteiger charge is 2.41. The summed E-state index contributed by atoms with van der Waals surface area (Å²) in [6, 6.07) is 1.84. The molecule has 1 fully saturated rings. The highest BCUT2D eigenvalue weighted by molar-refractivity contribution is 5.99. The Bertz CT molecular complexity index is 799. The number of cyclic esters (lactones) is 1. The Morgan fingerprint density at radius 1 is 1.33 bits per heavy atom. The number of carbonyl (C=O) groups is 1. The molecule has 24 heavy (non-hydrogen) atoms. The van der Waals surface area contributed by atoms with Crippen LogP contribution in [-0.2, 0) is 22.1 Å². The third kappa shape index (κ3) is 2.27. The number of ether oxygens (including phenoxy) is 2. The Kier molecular flexibility index (Phi) is 3.35. The van der Waals surface area contributed by atoms with Crippen LogP contribution in [-0.4, -0.2) is 33.2 Å². The topological polar surface area (TPSA) is 78.3 Å². The molecule has 7 heteroatoms. The molecule has 0 bridgehead atoms. The van der Waals surface area contributed by atoms with Gasteiger partial charge in [-0.1, -0.05) is 0 Å². The van der Waals surface area contributed by atoms with Crippen molar-refractivity contribution in [2.75, 3.05) is 11.9 Å². The molecule has 1 N–H and O–H groups in total. The van der Waals surface area contributed by atoms with E-state index in [-0.39, 0.29) is 18.1 Å². The number of nitrogens with zero attached hydrogens (tertiary/aromatic N) is 3. The zero-order valence-electron chi connectivity index (χ0n) is 13.9. The molecule has 1 saturated heterocycles. The van der Waals surface area contributed by atoms with Gasteiger partial charge in [0.25, 0.3) is 0 Å². The predicted molar refractivity (Wildman–Crippen MR) is 86.6 cm³/mol. The first-order valence-electron chi connectivity index (χ1n) is 8.05. The maximum atomic E-state index is 12.3. The van der Waals surface area contributed by atoms with Crippen LogP contribution >= 0.6 is 0 Å². The van der Waals surface area contributed by atoms with Crippen molar-refractivity contribution in [1.82, 2.24) is 14.5 Å². The summed E-state index contributed by atoms with van der Waals surface area (Å²) in [6.45, 7) is 4.41. The number of hydrogen-bond acceptors (Lipinski definition) is 6. The van der Waals surface area contributed by atoms with Gasteiger partial charge in [0.15, 0.2) is 0 Å². The average molecular weight is 328 g/mol. The maximum absolute atomic E-state index is 12.3. The minimum atomic E-state index is -0.628. The normalized spacial score (nSPS) is 24.7. The van der Waals surface area contributed by atoms with E-state index in [1.807, 2.05) is 37.7 Å². The van der Waals surface area contributed by atoms with Crippen molar-refractivity contribution in [1.29, 1.82) is 0 Å². The second-order valence-corrected chi connectivity index (χ2v) is 6.71. The van der Waals surface area contributed by atoms with Crippen molar-refractivity contribution in [3.63, 3.8) is 0 Å². The Morgan fingerprint density at radius 3 is 2.92 bits per heavy atom. The lowest BCUT2D eigenvalue weighted by atomic mass is 9.97. The van der Waals surface area contributed by atoms with Gasteiger partial charge in [-0.15, -0.1) is 0 Å². The summed E-state index contributed by atoms with van der Waals surface area (Å²) in [5.74, 6) is 1.08. The first kappa shape index (κ1) is 15.1. The molecular formula is C17H20N4O3. The highest BCUT2D eigenvalue weighted by atomic mass is 16.6. The Hall–Kier alpha value is -2.41. The SMILES string of the molecule is Cn1ccnc1[C@H]1OCC[C@@H]1Nc1nccc2c1C(=O)OC2(C)C. The fraction of sp³-hybridized carbons (Fsp3) is 0.471. The quantitative estimate of drug-likeness (QED) is 0.870. The number of fused-ring (bicyclic) bond motifs is 1. The van der Waals surface area contributed by atoms with Gasteiger partial charge in [0.05, 0.1) is 6.04 Å². The van der Waals surface area contributed by atoms with E-state index in [1.54, 1.807) is 12.4 Å². The van der Waals surface area contributed by atoms with E-state index in [4.69, 9.17) is 9.47 Å². The monoisotopic (exact) mass is 328 g/mol. The molecule has 2 aromatic heterocycles. The number of imidazole rings is 1. The molecule has 0 amide bonds. The highest BCUT2D eigenvalue weighted by Crippen LogP contribution is 2.39. The van der Waals surface area contributed by atoms with E-state index in [0.29, 0.717) is 18.0 Å². The van der Waals surface area contributed by atoms with Gasteiger partial charge in [-0.3, -0.25) is 0 Å². The number of pyridine rings is 1. The lowest BCUT2D eigenvalue weighted by molar-refractivity contribution is 0.00957. The van der Waals surface area contributed by atoms with Crippen LogP contribution in [0.5, 0.6) is 0 Å². The van der Waals surface area contributed by atoms with Crippen LogP contribution in [0.1, 0.15) is 48.1 Å². The zero-order valence-corrected chi connectivity index (χ0v) is 13.9. The van der Waals surface area contributed by atoms with Gasteiger partial charge in [0.1, 0.15) is 28.9 Å². The van der Waals surface area contributed by atoms with Gasteiger partial charge in [-0.25, -0.2) is 14.8 Å². The van der Waals surface area contributed by atoms with Gasteiger partial charge >= 0.3 is 5.97 Å². The Morgan fingerprint density at radius 2 is 2.17 bits per heavy atom. The molecule has 2 aliphatic rings. The number of carbonyl (C=O) groups excluding carboxylic acids is 1. The van der Waals surface area contributed by atoms with Crippen LogP contribution in [0, 0.1) is 0 Å². The molecular weight excluding hydrogens is 308 g/mol. The van der Waals surface area contributed by atoms with Crippen LogP contribution in [0.15, 0.2) is 24.7 Å². The van der Waals surface area contributed by atoms with Crippen molar-refractivity contribution in [3.05, 3.63) is 41.6 Å². The summed E-state index contributed by atoms with van der Waals surface area (Å²) in [4.78, 5) is 21.0. The average Bonchev–Trinajstić information content (AvgIpc) is 3.19. The summed E-state index contributed by atoms with van der Waals surface area (Å²) in [6.07, 6.45) is 6.00. The first-order valence-corrected chi connectivity index (χ1v) is 8.05. The Balaban J connectivity index is 1.66. The summed E-state index contributed by atoms with van der Waals surface area (Å²) in [5, 5.41) is 3.38. The standard InChI is InChI=1S/C17H20N4O3/c1-17(2)10-4-6-18-14(12(10)16(22)24-17)20-11-5-9-23-13(11)15-19-7-8-21(15)3/h4,6-8,11,13H,5,9H2,1-3H3,(H,18,20)/t11-,13-/m0/s1.